The van der Waals surface area contributed by atoms with E-state index >= 15 is 0 Å². The number of methoxy groups -OCH3 is 1. The standard InChI is InChI=1S/C20H24FN3O2/c1-15(20(25)22-19-6-4-3-5-18(19)21)23-11-13-24(14-12-23)16-7-9-17(26-2)10-8-16/h3-10,15H,11-14H2,1-2H3,(H,22,25)/t15-/m0/s1. The zero-order valence-electron chi connectivity index (χ0n) is 15.1. The molecule has 1 fully saturated rings. The maximum absolute atomic E-state index is 13.7. The van der Waals surface area contributed by atoms with Crippen LogP contribution in [0.15, 0.2) is 48.5 Å². The van der Waals surface area contributed by atoms with Gasteiger partial charge in [0.15, 0.2) is 0 Å². The maximum Gasteiger partial charge on any atom is 0.241 e. The molecular formula is C20H24FN3O2. The fourth-order valence-electron chi connectivity index (χ4n) is 3.13. The molecule has 1 aliphatic heterocycles. The zero-order valence-corrected chi connectivity index (χ0v) is 15.1. The number of ether oxygens (including phenoxy) is 1. The predicted molar refractivity (Wildman–Crippen MR) is 101 cm³/mol. The highest BCUT2D eigenvalue weighted by molar-refractivity contribution is 5.94. The molecule has 1 heterocycles. The largest absolute Gasteiger partial charge is 0.497 e. The van der Waals surface area contributed by atoms with E-state index in [-0.39, 0.29) is 17.6 Å². The third-order valence-electron chi connectivity index (χ3n) is 4.81. The fourth-order valence-corrected chi connectivity index (χ4v) is 3.13. The molecule has 0 aliphatic carbocycles. The summed E-state index contributed by atoms with van der Waals surface area (Å²) < 4.78 is 18.9. The van der Waals surface area contributed by atoms with Crippen molar-refractivity contribution >= 4 is 17.3 Å². The molecule has 3 rings (SSSR count). The first kappa shape index (κ1) is 18.2. The van der Waals surface area contributed by atoms with Crippen LogP contribution in [-0.4, -0.2) is 50.1 Å². The lowest BCUT2D eigenvalue weighted by molar-refractivity contribution is -0.120. The van der Waals surface area contributed by atoms with Gasteiger partial charge in [0, 0.05) is 31.9 Å². The Hall–Kier alpha value is -2.60. The number of carbonyl (C=O) groups is 1. The first-order chi connectivity index (χ1) is 12.6. The molecule has 2 aromatic carbocycles. The molecule has 1 atom stereocenters. The van der Waals surface area contributed by atoms with Gasteiger partial charge in [0.05, 0.1) is 18.8 Å². The summed E-state index contributed by atoms with van der Waals surface area (Å²) in [5.41, 5.74) is 1.37. The van der Waals surface area contributed by atoms with Crippen LogP contribution < -0.4 is 15.0 Å². The highest BCUT2D eigenvalue weighted by Gasteiger charge is 2.26. The Morgan fingerprint density at radius 1 is 1.08 bits per heavy atom. The minimum Gasteiger partial charge on any atom is -0.497 e. The monoisotopic (exact) mass is 357 g/mol. The number of anilines is 2. The van der Waals surface area contributed by atoms with Gasteiger partial charge < -0.3 is 15.0 Å². The second-order valence-corrected chi connectivity index (χ2v) is 6.37. The van der Waals surface area contributed by atoms with Crippen molar-refractivity contribution in [3.05, 3.63) is 54.3 Å². The molecule has 0 aromatic heterocycles. The van der Waals surface area contributed by atoms with E-state index in [0.717, 1.165) is 37.6 Å². The van der Waals surface area contributed by atoms with Gasteiger partial charge in [-0.25, -0.2) is 4.39 Å². The van der Waals surface area contributed by atoms with E-state index in [1.165, 1.54) is 6.07 Å². The van der Waals surface area contributed by atoms with Crippen molar-refractivity contribution in [3.63, 3.8) is 0 Å². The minimum atomic E-state index is -0.419. The SMILES string of the molecule is COc1ccc(N2CCN([C@@H](C)C(=O)Nc3ccccc3F)CC2)cc1. The summed E-state index contributed by atoms with van der Waals surface area (Å²) in [4.78, 5) is 16.8. The van der Waals surface area contributed by atoms with Gasteiger partial charge in [-0.2, -0.15) is 0 Å². The van der Waals surface area contributed by atoms with Crippen LogP contribution in [0.1, 0.15) is 6.92 Å². The maximum atomic E-state index is 13.7. The van der Waals surface area contributed by atoms with Crippen molar-refractivity contribution in [2.24, 2.45) is 0 Å². The van der Waals surface area contributed by atoms with Gasteiger partial charge in [0.1, 0.15) is 11.6 Å². The summed E-state index contributed by atoms with van der Waals surface area (Å²) in [5.74, 6) is 0.233. The van der Waals surface area contributed by atoms with Crippen LogP contribution in [0.3, 0.4) is 0 Å². The van der Waals surface area contributed by atoms with Crippen LogP contribution in [0.2, 0.25) is 0 Å². The lowest BCUT2D eigenvalue weighted by Crippen LogP contribution is -2.52. The Bertz CT molecular complexity index is 743. The van der Waals surface area contributed by atoms with Gasteiger partial charge in [-0.1, -0.05) is 12.1 Å². The van der Waals surface area contributed by atoms with E-state index in [2.05, 4.69) is 15.1 Å². The fraction of sp³-hybridized carbons (Fsp3) is 0.350. The molecule has 0 spiro atoms. The molecule has 0 saturated carbocycles. The van der Waals surface area contributed by atoms with Crippen molar-refractivity contribution < 1.29 is 13.9 Å². The highest BCUT2D eigenvalue weighted by atomic mass is 19.1. The van der Waals surface area contributed by atoms with Crippen molar-refractivity contribution in [3.8, 4) is 5.75 Å². The predicted octanol–water partition coefficient (Wildman–Crippen LogP) is 2.98. The molecule has 0 unspecified atom stereocenters. The van der Waals surface area contributed by atoms with Crippen molar-refractivity contribution in [2.75, 3.05) is 43.5 Å². The quantitative estimate of drug-likeness (QED) is 0.894. The number of carbonyl (C=O) groups excluding carboxylic acids is 1. The molecule has 2 aromatic rings. The zero-order chi connectivity index (χ0) is 18.5. The molecule has 6 heteroatoms. The van der Waals surface area contributed by atoms with Crippen molar-refractivity contribution in [2.45, 2.75) is 13.0 Å². The van der Waals surface area contributed by atoms with Gasteiger partial charge in [-0.3, -0.25) is 9.69 Å². The first-order valence-electron chi connectivity index (χ1n) is 8.77. The van der Waals surface area contributed by atoms with Gasteiger partial charge in [-0.15, -0.1) is 0 Å². The van der Waals surface area contributed by atoms with Crippen LogP contribution in [-0.2, 0) is 4.79 Å². The smallest absolute Gasteiger partial charge is 0.241 e. The summed E-state index contributed by atoms with van der Waals surface area (Å²) in [5, 5.41) is 2.68. The molecule has 1 amide bonds. The number of amides is 1. The average molecular weight is 357 g/mol. The lowest BCUT2D eigenvalue weighted by atomic mass is 10.2. The Morgan fingerprint density at radius 2 is 1.73 bits per heavy atom. The van der Waals surface area contributed by atoms with E-state index in [1.807, 2.05) is 31.2 Å². The molecule has 1 saturated heterocycles. The molecule has 1 N–H and O–H groups in total. The number of hydrogen-bond donors (Lipinski definition) is 1. The number of halogens is 1. The number of rotatable bonds is 5. The first-order valence-corrected chi connectivity index (χ1v) is 8.77. The third kappa shape index (κ3) is 4.14. The summed E-state index contributed by atoms with van der Waals surface area (Å²) in [6, 6.07) is 13.9. The van der Waals surface area contributed by atoms with E-state index in [4.69, 9.17) is 4.74 Å². The number of piperazine rings is 1. The second kappa shape index (κ2) is 8.19. The van der Waals surface area contributed by atoms with Crippen LogP contribution in [0.4, 0.5) is 15.8 Å². The van der Waals surface area contributed by atoms with Gasteiger partial charge >= 0.3 is 0 Å². The second-order valence-electron chi connectivity index (χ2n) is 6.37. The summed E-state index contributed by atoms with van der Waals surface area (Å²) >= 11 is 0. The molecule has 5 nitrogen and oxygen atoms in total. The Labute approximate surface area is 153 Å². The summed E-state index contributed by atoms with van der Waals surface area (Å²) in [6.07, 6.45) is 0. The normalized spacial score (nSPS) is 16.2. The Kier molecular flexibility index (Phi) is 5.73. The van der Waals surface area contributed by atoms with E-state index in [0.29, 0.717) is 0 Å². The van der Waals surface area contributed by atoms with Gasteiger partial charge in [-0.05, 0) is 43.3 Å². The molecule has 138 valence electrons. The topological polar surface area (TPSA) is 44.8 Å². The number of benzene rings is 2. The molecule has 1 aliphatic rings. The van der Waals surface area contributed by atoms with Crippen LogP contribution in [0.5, 0.6) is 5.75 Å². The number of hydrogen-bond acceptors (Lipinski definition) is 4. The van der Waals surface area contributed by atoms with Crippen molar-refractivity contribution in [1.29, 1.82) is 0 Å². The Balaban J connectivity index is 1.55. The molecular weight excluding hydrogens is 333 g/mol. The molecule has 26 heavy (non-hydrogen) atoms. The van der Waals surface area contributed by atoms with Crippen LogP contribution in [0, 0.1) is 5.82 Å². The average Bonchev–Trinajstić information content (AvgIpc) is 2.69. The summed E-state index contributed by atoms with van der Waals surface area (Å²) in [7, 11) is 1.65. The van der Waals surface area contributed by atoms with E-state index in [1.54, 1.807) is 25.3 Å². The van der Waals surface area contributed by atoms with Crippen LogP contribution in [0.25, 0.3) is 0 Å². The molecule has 0 bridgehead atoms. The number of nitrogens with zero attached hydrogens (tertiary/aromatic N) is 2. The molecule has 0 radical (unpaired) electrons. The van der Waals surface area contributed by atoms with Gasteiger partial charge in [0.25, 0.3) is 0 Å². The van der Waals surface area contributed by atoms with Gasteiger partial charge in [0.2, 0.25) is 5.91 Å². The minimum absolute atomic E-state index is 0.187. The number of para-hydroxylation sites is 1. The highest BCUT2D eigenvalue weighted by Crippen LogP contribution is 2.21. The van der Waals surface area contributed by atoms with Crippen molar-refractivity contribution in [1.82, 2.24) is 4.90 Å². The third-order valence-corrected chi connectivity index (χ3v) is 4.81. The lowest BCUT2D eigenvalue weighted by Gasteiger charge is -2.38. The Morgan fingerprint density at radius 3 is 2.35 bits per heavy atom. The van der Waals surface area contributed by atoms with Crippen LogP contribution >= 0.6 is 0 Å². The number of nitrogens with one attached hydrogen (secondary N) is 1. The summed E-state index contributed by atoms with van der Waals surface area (Å²) in [6.45, 7) is 5.09. The van der Waals surface area contributed by atoms with E-state index < -0.39 is 5.82 Å². The van der Waals surface area contributed by atoms with E-state index in [9.17, 15) is 9.18 Å².